The predicted octanol–water partition coefficient (Wildman–Crippen LogP) is -0.142. The van der Waals surface area contributed by atoms with Crippen molar-refractivity contribution >= 4 is 34.4 Å². The van der Waals surface area contributed by atoms with Gasteiger partial charge in [0.2, 0.25) is 0 Å². The molecule has 0 saturated heterocycles. The largest absolute Gasteiger partial charge is 0.464 e. The van der Waals surface area contributed by atoms with Gasteiger partial charge in [-0.15, -0.1) is 0 Å². The predicted molar refractivity (Wildman–Crippen MR) is 102 cm³/mol. The molecule has 0 fully saturated rings. The third-order valence-corrected chi connectivity index (χ3v) is 4.89. The number of aromatic nitrogens is 4. The van der Waals surface area contributed by atoms with Crippen molar-refractivity contribution in [2.45, 2.75) is 13.0 Å². The fraction of sp³-hybridized carbons (Fsp3) is 0.353. The van der Waals surface area contributed by atoms with Gasteiger partial charge in [0.1, 0.15) is 6.61 Å². The van der Waals surface area contributed by atoms with Crippen molar-refractivity contribution in [2.24, 2.45) is 14.1 Å². The van der Waals surface area contributed by atoms with Crippen molar-refractivity contribution in [1.29, 1.82) is 0 Å². The molecular formula is C17H19N5O5S. The van der Waals surface area contributed by atoms with Gasteiger partial charge in [0, 0.05) is 31.6 Å². The van der Waals surface area contributed by atoms with Gasteiger partial charge in [-0.1, -0.05) is 0 Å². The summed E-state index contributed by atoms with van der Waals surface area (Å²) in [5.74, 6) is -0.698. The highest BCUT2D eigenvalue weighted by molar-refractivity contribution is 7.08. The fourth-order valence-electron chi connectivity index (χ4n) is 2.67. The van der Waals surface area contributed by atoms with Crippen molar-refractivity contribution in [3.63, 3.8) is 0 Å². The third kappa shape index (κ3) is 3.88. The molecule has 3 aromatic heterocycles. The summed E-state index contributed by atoms with van der Waals surface area (Å²) in [6.07, 6.45) is 1.47. The lowest BCUT2D eigenvalue weighted by molar-refractivity contribution is -0.143. The molecule has 11 heteroatoms. The van der Waals surface area contributed by atoms with Crippen LogP contribution in [0.5, 0.6) is 0 Å². The van der Waals surface area contributed by atoms with Gasteiger partial charge in [0.15, 0.2) is 11.2 Å². The lowest BCUT2D eigenvalue weighted by Gasteiger charge is -2.08. The van der Waals surface area contributed by atoms with Crippen LogP contribution in [0, 0.1) is 0 Å². The third-order valence-electron chi connectivity index (χ3n) is 4.21. The Balaban J connectivity index is 1.52. The zero-order valence-electron chi connectivity index (χ0n) is 15.4. The van der Waals surface area contributed by atoms with Crippen molar-refractivity contribution in [1.82, 2.24) is 24.0 Å². The van der Waals surface area contributed by atoms with Gasteiger partial charge in [-0.3, -0.25) is 23.5 Å². The van der Waals surface area contributed by atoms with Gasteiger partial charge >= 0.3 is 11.7 Å². The Morgan fingerprint density at radius 3 is 2.75 bits per heavy atom. The first kappa shape index (κ1) is 19.5. The minimum atomic E-state index is -0.463. The molecule has 28 heavy (non-hydrogen) atoms. The number of thiophene rings is 1. The normalized spacial score (nSPS) is 10.9. The van der Waals surface area contributed by atoms with Gasteiger partial charge < -0.3 is 14.6 Å². The van der Waals surface area contributed by atoms with Crippen molar-refractivity contribution in [2.75, 3.05) is 13.2 Å². The van der Waals surface area contributed by atoms with Crippen LogP contribution in [0.3, 0.4) is 0 Å². The summed E-state index contributed by atoms with van der Waals surface area (Å²) in [7, 11) is 2.93. The minimum absolute atomic E-state index is 0.0365. The van der Waals surface area contributed by atoms with E-state index in [-0.39, 0.29) is 43.2 Å². The van der Waals surface area contributed by atoms with Crippen molar-refractivity contribution < 1.29 is 14.3 Å². The van der Waals surface area contributed by atoms with E-state index in [0.717, 1.165) is 4.57 Å². The molecule has 0 saturated carbocycles. The lowest BCUT2D eigenvalue weighted by Crippen LogP contribution is -2.37. The van der Waals surface area contributed by atoms with Crippen LogP contribution in [-0.4, -0.2) is 43.7 Å². The summed E-state index contributed by atoms with van der Waals surface area (Å²) >= 11 is 1.42. The average molecular weight is 405 g/mol. The molecule has 3 aromatic rings. The molecule has 0 atom stereocenters. The Morgan fingerprint density at radius 1 is 1.25 bits per heavy atom. The number of ether oxygens (including phenoxy) is 1. The first-order chi connectivity index (χ1) is 13.4. The number of nitrogens with zero attached hydrogens (tertiary/aromatic N) is 4. The molecule has 10 nitrogen and oxygen atoms in total. The number of rotatable bonds is 7. The van der Waals surface area contributed by atoms with Crippen LogP contribution >= 0.6 is 11.3 Å². The van der Waals surface area contributed by atoms with Gasteiger partial charge in [-0.2, -0.15) is 11.3 Å². The Bertz CT molecular complexity index is 1130. The second-order valence-electron chi connectivity index (χ2n) is 6.05. The number of fused-ring (bicyclic) bond motifs is 1. The Kier molecular flexibility index (Phi) is 5.73. The first-order valence-corrected chi connectivity index (χ1v) is 9.41. The molecule has 3 heterocycles. The Hall–Kier alpha value is -3.21. The summed E-state index contributed by atoms with van der Waals surface area (Å²) < 4.78 is 8.98. The van der Waals surface area contributed by atoms with Crippen LogP contribution in [0.1, 0.15) is 16.8 Å². The van der Waals surface area contributed by atoms with E-state index in [0.29, 0.717) is 5.56 Å². The van der Waals surface area contributed by atoms with Gasteiger partial charge in [-0.25, -0.2) is 9.78 Å². The maximum atomic E-state index is 12.3. The van der Waals surface area contributed by atoms with E-state index in [1.807, 2.05) is 0 Å². The fourth-order valence-corrected chi connectivity index (χ4v) is 3.31. The summed E-state index contributed by atoms with van der Waals surface area (Å²) in [5, 5.41) is 6.17. The van der Waals surface area contributed by atoms with E-state index in [2.05, 4.69) is 10.3 Å². The molecule has 0 aliphatic rings. The van der Waals surface area contributed by atoms with Crippen LogP contribution in [-0.2, 0) is 30.2 Å². The standard InChI is InChI=1S/C17H19N5O5S/c1-20-14-13(16(25)21(2)17(20)26)22(10-19-14)6-7-27-12(23)3-5-18-15(24)11-4-8-28-9-11/h4,8-10H,3,5-7H2,1-2H3,(H,18,24). The van der Waals surface area contributed by atoms with Crippen LogP contribution in [0.2, 0.25) is 0 Å². The Morgan fingerprint density at radius 2 is 2.04 bits per heavy atom. The highest BCUT2D eigenvalue weighted by atomic mass is 32.1. The van der Waals surface area contributed by atoms with Crippen molar-refractivity contribution in [3.05, 3.63) is 49.6 Å². The maximum Gasteiger partial charge on any atom is 0.332 e. The molecule has 1 amide bonds. The quantitative estimate of drug-likeness (QED) is 0.547. The number of hydrogen-bond donors (Lipinski definition) is 1. The van der Waals surface area contributed by atoms with Crippen LogP contribution < -0.4 is 16.6 Å². The summed E-state index contributed by atoms with van der Waals surface area (Å²) in [6, 6.07) is 1.70. The monoisotopic (exact) mass is 405 g/mol. The second kappa shape index (κ2) is 8.21. The van der Waals surface area contributed by atoms with E-state index in [1.54, 1.807) is 21.4 Å². The van der Waals surface area contributed by atoms with E-state index >= 15 is 0 Å². The maximum absolute atomic E-state index is 12.3. The SMILES string of the molecule is Cn1c(=O)c2c(ncn2CCOC(=O)CCNC(=O)c2ccsc2)n(C)c1=O. The van der Waals surface area contributed by atoms with E-state index in [1.165, 1.54) is 36.3 Å². The number of hydrogen-bond acceptors (Lipinski definition) is 7. The molecule has 0 spiro atoms. The number of esters is 1. The highest BCUT2D eigenvalue weighted by Gasteiger charge is 2.14. The van der Waals surface area contributed by atoms with E-state index in [9.17, 15) is 19.2 Å². The number of carbonyl (C=O) groups excluding carboxylic acids is 2. The van der Waals surface area contributed by atoms with Crippen LogP contribution in [0.4, 0.5) is 0 Å². The van der Waals surface area contributed by atoms with Gasteiger partial charge in [0.25, 0.3) is 11.5 Å². The summed E-state index contributed by atoms with van der Waals surface area (Å²) in [5.41, 5.74) is 0.178. The molecule has 0 aliphatic carbocycles. The highest BCUT2D eigenvalue weighted by Crippen LogP contribution is 2.06. The summed E-state index contributed by atoms with van der Waals surface area (Å²) in [6.45, 7) is 0.426. The number of aryl methyl sites for hydroxylation is 1. The zero-order chi connectivity index (χ0) is 20.3. The molecule has 3 rings (SSSR count). The molecule has 0 unspecified atom stereocenters. The number of imidazole rings is 1. The number of carbonyl (C=O) groups is 2. The molecule has 148 valence electrons. The molecule has 0 bridgehead atoms. The molecule has 1 N–H and O–H groups in total. The van der Waals surface area contributed by atoms with Crippen LogP contribution in [0.25, 0.3) is 11.2 Å². The Labute approximate surface area is 163 Å². The zero-order valence-corrected chi connectivity index (χ0v) is 16.2. The van der Waals surface area contributed by atoms with Crippen LogP contribution in [0.15, 0.2) is 32.7 Å². The van der Waals surface area contributed by atoms with Crippen molar-refractivity contribution in [3.8, 4) is 0 Å². The molecule has 0 aromatic carbocycles. The average Bonchev–Trinajstić information content (AvgIpc) is 3.35. The summed E-state index contributed by atoms with van der Waals surface area (Å²) in [4.78, 5) is 51.9. The topological polar surface area (TPSA) is 117 Å². The molecular weight excluding hydrogens is 386 g/mol. The first-order valence-electron chi connectivity index (χ1n) is 8.47. The molecule has 0 aliphatic heterocycles. The number of nitrogens with one attached hydrogen (secondary N) is 1. The van der Waals surface area contributed by atoms with Gasteiger partial charge in [-0.05, 0) is 11.4 Å². The number of amides is 1. The smallest absolute Gasteiger partial charge is 0.332 e. The van der Waals surface area contributed by atoms with E-state index in [4.69, 9.17) is 4.74 Å². The lowest BCUT2D eigenvalue weighted by atomic mass is 10.3. The van der Waals surface area contributed by atoms with E-state index < -0.39 is 17.2 Å². The molecule has 0 radical (unpaired) electrons. The van der Waals surface area contributed by atoms with Gasteiger partial charge in [0.05, 0.1) is 19.3 Å². The minimum Gasteiger partial charge on any atom is -0.464 e. The second-order valence-corrected chi connectivity index (χ2v) is 6.83.